The quantitative estimate of drug-likeness (QED) is 0.817. The first-order chi connectivity index (χ1) is 7.60. The first-order valence-corrected chi connectivity index (χ1v) is 5.78. The van der Waals surface area contributed by atoms with Crippen molar-refractivity contribution in [3.63, 3.8) is 0 Å². The zero-order chi connectivity index (χ0) is 11.8. The third-order valence-electron chi connectivity index (χ3n) is 2.87. The maximum atomic E-state index is 11.9. The van der Waals surface area contributed by atoms with Crippen molar-refractivity contribution in [3.05, 3.63) is 33.8 Å². The Hall–Kier alpha value is -0.770. The summed E-state index contributed by atoms with van der Waals surface area (Å²) in [6.45, 7) is 0. The summed E-state index contributed by atoms with van der Waals surface area (Å²) in [5, 5.41) is 1.13. The number of amides is 1. The van der Waals surface area contributed by atoms with E-state index in [1.807, 2.05) is 6.07 Å². The number of halogens is 2. The van der Waals surface area contributed by atoms with Gasteiger partial charge in [0.2, 0.25) is 5.91 Å². The lowest BCUT2D eigenvalue weighted by atomic mass is 9.95. The molecule has 0 unspecified atom stereocenters. The number of nitrogens with one attached hydrogen (secondary N) is 2. The summed E-state index contributed by atoms with van der Waals surface area (Å²) < 4.78 is 0. The van der Waals surface area contributed by atoms with Gasteiger partial charge in [0.05, 0.1) is 5.41 Å². The van der Waals surface area contributed by atoms with Crippen LogP contribution in [0.5, 0.6) is 0 Å². The Morgan fingerprint density at radius 2 is 2.06 bits per heavy atom. The highest BCUT2D eigenvalue weighted by molar-refractivity contribution is 6.35. The van der Waals surface area contributed by atoms with Crippen molar-refractivity contribution < 1.29 is 4.79 Å². The Kier molecular flexibility index (Phi) is 3.10. The minimum Gasteiger partial charge on any atom is -0.291 e. The van der Waals surface area contributed by atoms with Crippen LogP contribution in [0.25, 0.3) is 0 Å². The van der Waals surface area contributed by atoms with Gasteiger partial charge in [0.25, 0.3) is 0 Å². The van der Waals surface area contributed by atoms with E-state index in [0.29, 0.717) is 10.0 Å². The topological polar surface area (TPSA) is 41.1 Å². The number of carbonyl (C=O) groups excluding carboxylic acids is 1. The minimum atomic E-state index is -0.468. The summed E-state index contributed by atoms with van der Waals surface area (Å²) in [6.07, 6.45) is 1.64. The van der Waals surface area contributed by atoms with Crippen LogP contribution in [0.4, 0.5) is 0 Å². The Bertz CT molecular complexity index is 430. The lowest BCUT2D eigenvalue weighted by molar-refractivity contribution is -0.124. The number of carbonyl (C=O) groups is 1. The molecule has 1 saturated carbocycles. The average Bonchev–Trinajstić information content (AvgIpc) is 2.99. The van der Waals surface area contributed by atoms with Crippen LogP contribution in [0.15, 0.2) is 18.2 Å². The van der Waals surface area contributed by atoms with Crippen LogP contribution >= 0.6 is 23.2 Å². The van der Waals surface area contributed by atoms with Crippen LogP contribution in [0.2, 0.25) is 10.0 Å². The Morgan fingerprint density at radius 1 is 1.38 bits per heavy atom. The fraction of sp³-hybridized carbons (Fsp3) is 0.364. The van der Waals surface area contributed by atoms with Gasteiger partial charge in [-0.2, -0.15) is 0 Å². The molecule has 0 radical (unpaired) electrons. The molecule has 1 aromatic rings. The van der Waals surface area contributed by atoms with Crippen LogP contribution < -0.4 is 10.9 Å². The first-order valence-electron chi connectivity index (χ1n) is 5.03. The molecule has 2 N–H and O–H groups in total. The predicted octanol–water partition coefficient (Wildman–Crippen LogP) is 2.28. The first kappa shape index (κ1) is 11.7. The maximum Gasteiger partial charge on any atom is 0.244 e. The Morgan fingerprint density at radius 3 is 2.56 bits per heavy atom. The molecule has 86 valence electrons. The predicted molar refractivity (Wildman–Crippen MR) is 64.6 cm³/mol. The number of hydrogen-bond donors (Lipinski definition) is 2. The van der Waals surface area contributed by atoms with Gasteiger partial charge in [-0.3, -0.25) is 10.2 Å². The van der Waals surface area contributed by atoms with Gasteiger partial charge in [0.15, 0.2) is 0 Å². The van der Waals surface area contributed by atoms with E-state index in [4.69, 9.17) is 23.2 Å². The van der Waals surface area contributed by atoms with Crippen molar-refractivity contribution in [2.45, 2.75) is 18.3 Å². The SMILES string of the molecule is CNNC(=O)C1(c2ccc(Cl)cc2Cl)CC1. The molecule has 0 spiro atoms. The van der Waals surface area contributed by atoms with Crippen LogP contribution in [0.3, 0.4) is 0 Å². The zero-order valence-corrected chi connectivity index (χ0v) is 10.3. The molecule has 0 saturated heterocycles. The van der Waals surface area contributed by atoms with Gasteiger partial charge in [-0.05, 0) is 30.5 Å². The molecule has 16 heavy (non-hydrogen) atoms. The second-order valence-corrected chi connectivity index (χ2v) is 4.75. The van der Waals surface area contributed by atoms with Crippen LogP contribution in [-0.4, -0.2) is 13.0 Å². The van der Waals surface area contributed by atoms with E-state index in [1.165, 1.54) is 0 Å². The van der Waals surface area contributed by atoms with Crippen molar-refractivity contribution in [3.8, 4) is 0 Å². The van der Waals surface area contributed by atoms with Crippen LogP contribution in [0, 0.1) is 0 Å². The summed E-state index contributed by atoms with van der Waals surface area (Å²) >= 11 is 11.9. The number of hydrazine groups is 1. The molecule has 1 amide bonds. The van der Waals surface area contributed by atoms with Crippen molar-refractivity contribution in [1.82, 2.24) is 10.9 Å². The maximum absolute atomic E-state index is 11.9. The Labute approximate surface area is 104 Å². The van der Waals surface area contributed by atoms with Crippen LogP contribution in [0.1, 0.15) is 18.4 Å². The zero-order valence-electron chi connectivity index (χ0n) is 8.81. The molecule has 2 rings (SSSR count). The normalized spacial score (nSPS) is 16.9. The van der Waals surface area contributed by atoms with Crippen molar-refractivity contribution in [1.29, 1.82) is 0 Å². The van der Waals surface area contributed by atoms with Gasteiger partial charge in [0.1, 0.15) is 0 Å². The largest absolute Gasteiger partial charge is 0.291 e. The van der Waals surface area contributed by atoms with E-state index < -0.39 is 5.41 Å². The fourth-order valence-corrected chi connectivity index (χ4v) is 2.44. The van der Waals surface area contributed by atoms with Crippen molar-refractivity contribution in [2.24, 2.45) is 0 Å². The van der Waals surface area contributed by atoms with Gasteiger partial charge in [-0.15, -0.1) is 0 Å². The second kappa shape index (κ2) is 4.24. The summed E-state index contributed by atoms with van der Waals surface area (Å²) in [4.78, 5) is 11.9. The molecule has 0 aromatic heterocycles. The highest BCUT2D eigenvalue weighted by Crippen LogP contribution is 2.50. The van der Waals surface area contributed by atoms with E-state index in [-0.39, 0.29) is 5.91 Å². The molecule has 1 aliphatic rings. The van der Waals surface area contributed by atoms with Gasteiger partial charge in [0, 0.05) is 17.1 Å². The molecule has 1 aromatic carbocycles. The summed E-state index contributed by atoms with van der Waals surface area (Å²) in [7, 11) is 1.66. The minimum absolute atomic E-state index is 0.0424. The summed E-state index contributed by atoms with van der Waals surface area (Å²) in [5.74, 6) is -0.0424. The molecular weight excluding hydrogens is 247 g/mol. The molecule has 1 fully saturated rings. The number of hydrogen-bond acceptors (Lipinski definition) is 2. The molecule has 0 atom stereocenters. The lowest BCUT2D eigenvalue weighted by Crippen LogP contribution is -2.41. The molecule has 5 heteroatoms. The van der Waals surface area contributed by atoms with E-state index in [9.17, 15) is 4.79 Å². The molecule has 3 nitrogen and oxygen atoms in total. The average molecular weight is 259 g/mol. The van der Waals surface area contributed by atoms with Gasteiger partial charge >= 0.3 is 0 Å². The van der Waals surface area contributed by atoms with E-state index in [0.717, 1.165) is 18.4 Å². The van der Waals surface area contributed by atoms with E-state index in [2.05, 4.69) is 10.9 Å². The third-order valence-corrected chi connectivity index (χ3v) is 3.42. The molecular formula is C11H12Cl2N2O. The molecule has 1 aliphatic carbocycles. The highest BCUT2D eigenvalue weighted by Gasteiger charge is 2.52. The van der Waals surface area contributed by atoms with Gasteiger partial charge in [-0.25, -0.2) is 5.43 Å². The number of rotatable bonds is 3. The molecule has 0 aliphatic heterocycles. The Balaban J connectivity index is 2.33. The van der Waals surface area contributed by atoms with Crippen molar-refractivity contribution in [2.75, 3.05) is 7.05 Å². The summed E-state index contributed by atoms with van der Waals surface area (Å²) in [6, 6.07) is 5.26. The third kappa shape index (κ3) is 1.90. The van der Waals surface area contributed by atoms with E-state index in [1.54, 1.807) is 19.2 Å². The monoisotopic (exact) mass is 258 g/mol. The standard InChI is InChI=1S/C11H12Cl2N2O/c1-14-15-10(16)11(4-5-11)8-3-2-7(12)6-9(8)13/h2-3,6,14H,4-5H2,1H3,(H,15,16). The lowest BCUT2D eigenvalue weighted by Gasteiger charge is -2.16. The van der Waals surface area contributed by atoms with Gasteiger partial charge in [-0.1, -0.05) is 29.3 Å². The van der Waals surface area contributed by atoms with Crippen molar-refractivity contribution >= 4 is 29.1 Å². The molecule has 0 heterocycles. The second-order valence-electron chi connectivity index (χ2n) is 3.91. The fourth-order valence-electron chi connectivity index (χ4n) is 1.85. The highest BCUT2D eigenvalue weighted by atomic mass is 35.5. The van der Waals surface area contributed by atoms with Crippen LogP contribution in [-0.2, 0) is 10.2 Å². The number of benzene rings is 1. The van der Waals surface area contributed by atoms with E-state index >= 15 is 0 Å². The molecule has 0 bridgehead atoms. The smallest absolute Gasteiger partial charge is 0.244 e. The van der Waals surface area contributed by atoms with Gasteiger partial charge < -0.3 is 0 Å². The summed E-state index contributed by atoms with van der Waals surface area (Å²) in [5.41, 5.74) is 5.64.